The van der Waals surface area contributed by atoms with Crippen LogP contribution in [0.2, 0.25) is 0 Å². The van der Waals surface area contributed by atoms with Crippen LogP contribution in [0.5, 0.6) is 5.75 Å². The first-order chi connectivity index (χ1) is 7.36. The Kier molecular flexibility index (Phi) is 2.17. The monoisotopic (exact) mass is 204 g/mol. The summed E-state index contributed by atoms with van der Waals surface area (Å²) in [5.74, 6) is 0.950. The molecule has 2 heterocycles. The third-order valence-electron chi connectivity index (χ3n) is 3.51. The molecule has 0 radical (unpaired) electrons. The second-order valence-electron chi connectivity index (χ2n) is 4.60. The summed E-state index contributed by atoms with van der Waals surface area (Å²) in [6.45, 7) is 0.716. The van der Waals surface area contributed by atoms with Gasteiger partial charge in [0, 0.05) is 0 Å². The number of fused-ring (bicyclic) bond motifs is 2. The zero-order valence-electron chi connectivity index (χ0n) is 8.82. The Morgan fingerprint density at radius 1 is 1.20 bits per heavy atom. The third-order valence-corrected chi connectivity index (χ3v) is 3.51. The van der Waals surface area contributed by atoms with Crippen LogP contribution >= 0.6 is 0 Å². The second kappa shape index (κ2) is 3.53. The molecule has 2 saturated heterocycles. The van der Waals surface area contributed by atoms with E-state index < -0.39 is 0 Å². The Balaban J connectivity index is 1.62. The summed E-state index contributed by atoms with van der Waals surface area (Å²) in [5.41, 5.74) is 0.0422. The van der Waals surface area contributed by atoms with E-state index >= 15 is 0 Å². The molecule has 2 aliphatic heterocycles. The van der Waals surface area contributed by atoms with Gasteiger partial charge in [-0.25, -0.2) is 0 Å². The maximum atomic E-state index is 5.96. The van der Waals surface area contributed by atoms with Gasteiger partial charge < -0.3 is 9.47 Å². The van der Waals surface area contributed by atoms with Crippen LogP contribution in [0.4, 0.5) is 0 Å². The fraction of sp³-hybridized carbons (Fsp3) is 0.538. The van der Waals surface area contributed by atoms with Crippen LogP contribution in [-0.2, 0) is 4.74 Å². The molecule has 0 spiro atoms. The minimum absolute atomic E-state index is 0.0422. The molecule has 80 valence electrons. The van der Waals surface area contributed by atoms with Gasteiger partial charge in [0.15, 0.2) is 0 Å². The molecule has 2 fully saturated rings. The first-order valence-electron chi connectivity index (χ1n) is 5.72. The molecular formula is C13H16O2. The molecule has 2 heteroatoms. The van der Waals surface area contributed by atoms with Crippen molar-refractivity contribution >= 4 is 0 Å². The third kappa shape index (κ3) is 1.74. The van der Waals surface area contributed by atoms with Gasteiger partial charge in [-0.1, -0.05) is 18.2 Å². The van der Waals surface area contributed by atoms with Gasteiger partial charge in [-0.05, 0) is 37.8 Å². The van der Waals surface area contributed by atoms with Crippen LogP contribution < -0.4 is 4.74 Å². The summed E-state index contributed by atoms with van der Waals surface area (Å²) >= 11 is 0. The predicted molar refractivity (Wildman–Crippen MR) is 58.0 cm³/mol. The molecule has 0 aliphatic carbocycles. The number of rotatable bonds is 3. The SMILES string of the molecule is c1ccc(OCC23CCC(CC2)O3)cc1. The molecule has 1 aromatic carbocycles. The zero-order chi connectivity index (χ0) is 10.1. The number of ether oxygens (including phenoxy) is 2. The average Bonchev–Trinajstić information content (AvgIpc) is 2.89. The molecule has 1 aromatic rings. The first-order valence-corrected chi connectivity index (χ1v) is 5.72. The molecule has 3 rings (SSSR count). The largest absolute Gasteiger partial charge is 0.491 e. The van der Waals surface area contributed by atoms with Crippen LogP contribution in [0.25, 0.3) is 0 Å². The van der Waals surface area contributed by atoms with Crippen molar-refractivity contribution in [1.82, 2.24) is 0 Å². The summed E-state index contributed by atoms with van der Waals surface area (Å²) in [4.78, 5) is 0. The fourth-order valence-electron chi connectivity index (χ4n) is 2.62. The number of hydrogen-bond donors (Lipinski definition) is 0. The van der Waals surface area contributed by atoms with Gasteiger partial charge in [0.25, 0.3) is 0 Å². The second-order valence-corrected chi connectivity index (χ2v) is 4.60. The van der Waals surface area contributed by atoms with Crippen molar-refractivity contribution in [2.75, 3.05) is 6.61 Å². The van der Waals surface area contributed by atoms with Crippen molar-refractivity contribution < 1.29 is 9.47 Å². The minimum Gasteiger partial charge on any atom is -0.491 e. The van der Waals surface area contributed by atoms with Crippen molar-refractivity contribution in [3.8, 4) is 5.75 Å². The van der Waals surface area contributed by atoms with Crippen LogP contribution in [-0.4, -0.2) is 18.3 Å². The van der Waals surface area contributed by atoms with Gasteiger partial charge >= 0.3 is 0 Å². The van der Waals surface area contributed by atoms with Crippen molar-refractivity contribution in [3.63, 3.8) is 0 Å². The quantitative estimate of drug-likeness (QED) is 0.753. The molecule has 15 heavy (non-hydrogen) atoms. The van der Waals surface area contributed by atoms with Crippen molar-refractivity contribution in [1.29, 1.82) is 0 Å². The lowest BCUT2D eigenvalue weighted by Gasteiger charge is -2.24. The van der Waals surface area contributed by atoms with E-state index in [0.717, 1.165) is 5.75 Å². The minimum atomic E-state index is 0.0422. The Morgan fingerprint density at radius 2 is 1.93 bits per heavy atom. The van der Waals surface area contributed by atoms with E-state index in [2.05, 4.69) is 0 Å². The van der Waals surface area contributed by atoms with Crippen LogP contribution in [0.3, 0.4) is 0 Å². The normalized spacial score (nSPS) is 33.2. The summed E-state index contributed by atoms with van der Waals surface area (Å²) in [6, 6.07) is 10.00. The topological polar surface area (TPSA) is 18.5 Å². The lowest BCUT2D eigenvalue weighted by atomic mass is 9.89. The Hall–Kier alpha value is -1.02. The molecule has 0 atom stereocenters. The smallest absolute Gasteiger partial charge is 0.119 e. The van der Waals surface area contributed by atoms with E-state index in [1.54, 1.807) is 0 Å². The standard InChI is InChI=1S/C13H16O2/c1-2-4-11(5-3-1)14-10-13-8-6-12(15-13)7-9-13/h1-5,12H,6-10H2. The van der Waals surface area contributed by atoms with E-state index in [-0.39, 0.29) is 5.60 Å². The molecule has 0 aromatic heterocycles. The highest BCUT2D eigenvalue weighted by molar-refractivity contribution is 5.21. The maximum absolute atomic E-state index is 5.96. The highest BCUT2D eigenvalue weighted by Gasteiger charge is 2.46. The highest BCUT2D eigenvalue weighted by atomic mass is 16.6. The van der Waals surface area contributed by atoms with Gasteiger partial charge in [0.2, 0.25) is 0 Å². The van der Waals surface area contributed by atoms with Crippen molar-refractivity contribution in [2.24, 2.45) is 0 Å². The van der Waals surface area contributed by atoms with Gasteiger partial charge in [0.05, 0.1) is 6.10 Å². The van der Waals surface area contributed by atoms with Gasteiger partial charge in [0.1, 0.15) is 18.0 Å². The predicted octanol–water partition coefficient (Wildman–Crippen LogP) is 2.78. The van der Waals surface area contributed by atoms with Gasteiger partial charge in [-0.15, -0.1) is 0 Å². The van der Waals surface area contributed by atoms with E-state index in [1.165, 1.54) is 25.7 Å². The fourth-order valence-corrected chi connectivity index (χ4v) is 2.62. The van der Waals surface area contributed by atoms with E-state index in [4.69, 9.17) is 9.47 Å². The van der Waals surface area contributed by atoms with Crippen molar-refractivity contribution in [2.45, 2.75) is 37.4 Å². The molecule has 0 saturated carbocycles. The summed E-state index contributed by atoms with van der Waals surface area (Å²) in [7, 11) is 0. The Morgan fingerprint density at radius 3 is 2.53 bits per heavy atom. The van der Waals surface area contributed by atoms with E-state index in [0.29, 0.717) is 12.7 Å². The van der Waals surface area contributed by atoms with E-state index in [1.807, 2.05) is 30.3 Å². The lowest BCUT2D eigenvalue weighted by molar-refractivity contribution is -0.0198. The Bertz CT molecular complexity index is 326. The molecule has 2 nitrogen and oxygen atoms in total. The molecule has 0 unspecified atom stereocenters. The lowest BCUT2D eigenvalue weighted by Crippen LogP contribution is -2.32. The summed E-state index contributed by atoms with van der Waals surface area (Å²) < 4.78 is 11.7. The maximum Gasteiger partial charge on any atom is 0.119 e. The van der Waals surface area contributed by atoms with E-state index in [9.17, 15) is 0 Å². The van der Waals surface area contributed by atoms with Crippen LogP contribution in [0.1, 0.15) is 25.7 Å². The highest BCUT2D eigenvalue weighted by Crippen LogP contribution is 2.43. The van der Waals surface area contributed by atoms with Gasteiger partial charge in [-0.2, -0.15) is 0 Å². The van der Waals surface area contributed by atoms with Gasteiger partial charge in [-0.3, -0.25) is 0 Å². The number of hydrogen-bond acceptors (Lipinski definition) is 2. The molecular weight excluding hydrogens is 188 g/mol. The number of para-hydroxylation sites is 1. The molecule has 2 bridgehead atoms. The van der Waals surface area contributed by atoms with Crippen molar-refractivity contribution in [3.05, 3.63) is 30.3 Å². The zero-order valence-corrected chi connectivity index (χ0v) is 8.82. The summed E-state index contributed by atoms with van der Waals surface area (Å²) in [6.07, 6.45) is 5.30. The number of benzene rings is 1. The summed E-state index contributed by atoms with van der Waals surface area (Å²) in [5, 5.41) is 0. The average molecular weight is 204 g/mol. The van der Waals surface area contributed by atoms with Crippen LogP contribution in [0, 0.1) is 0 Å². The molecule has 0 N–H and O–H groups in total. The Labute approximate surface area is 90.2 Å². The van der Waals surface area contributed by atoms with Crippen LogP contribution in [0.15, 0.2) is 30.3 Å². The molecule has 0 amide bonds. The molecule has 2 aliphatic rings. The first kappa shape index (κ1) is 9.22.